The number of carbonyl (C=O) groups excluding carboxylic acids is 1. The average molecular weight is 436 g/mol. The second-order valence-electron chi connectivity index (χ2n) is 7.10. The lowest BCUT2D eigenvalue weighted by molar-refractivity contribution is 0.102. The number of rotatable bonds is 6. The summed E-state index contributed by atoms with van der Waals surface area (Å²) in [4.78, 5) is 16.8. The maximum absolute atomic E-state index is 13.8. The van der Waals surface area contributed by atoms with Crippen molar-refractivity contribution in [2.75, 3.05) is 5.32 Å². The molecule has 1 amide bonds. The van der Waals surface area contributed by atoms with Gasteiger partial charge in [0.1, 0.15) is 5.82 Å². The number of halogens is 1. The minimum absolute atomic E-state index is 0.0838. The number of carbonyl (C=O) groups is 1. The Bertz CT molecular complexity index is 1150. The number of thiazole rings is 1. The van der Waals surface area contributed by atoms with Crippen LogP contribution in [0.25, 0.3) is 10.2 Å². The van der Waals surface area contributed by atoms with E-state index in [0.29, 0.717) is 10.2 Å². The van der Waals surface area contributed by atoms with Crippen LogP contribution in [0.15, 0.2) is 47.4 Å². The maximum atomic E-state index is 13.8. The molecule has 3 aromatic rings. The van der Waals surface area contributed by atoms with Gasteiger partial charge in [-0.1, -0.05) is 23.5 Å². The second-order valence-corrected chi connectivity index (χ2v) is 9.98. The van der Waals surface area contributed by atoms with Gasteiger partial charge in [0.25, 0.3) is 5.91 Å². The summed E-state index contributed by atoms with van der Waals surface area (Å²) in [5.74, 6) is -1.23. The van der Waals surface area contributed by atoms with Gasteiger partial charge in [0, 0.05) is 12.1 Å². The van der Waals surface area contributed by atoms with Crippen LogP contribution in [0.4, 0.5) is 9.52 Å². The number of aromatic nitrogens is 1. The molecule has 9 heteroatoms. The highest BCUT2D eigenvalue weighted by Gasteiger charge is 2.29. The Morgan fingerprint density at radius 1 is 1.10 bits per heavy atom. The normalized spacial score (nSPS) is 12.3. The van der Waals surface area contributed by atoms with Gasteiger partial charge in [-0.2, -0.15) is 4.31 Å². The van der Waals surface area contributed by atoms with Crippen LogP contribution >= 0.6 is 11.3 Å². The summed E-state index contributed by atoms with van der Waals surface area (Å²) in [6, 6.07) is 9.97. The van der Waals surface area contributed by atoms with E-state index in [0.717, 1.165) is 11.3 Å². The number of fused-ring (bicyclic) bond motifs is 1. The molecule has 0 radical (unpaired) electrons. The summed E-state index contributed by atoms with van der Waals surface area (Å²) >= 11 is 1.14. The average Bonchev–Trinajstić information content (AvgIpc) is 3.02. The van der Waals surface area contributed by atoms with E-state index in [-0.39, 0.29) is 27.7 Å². The van der Waals surface area contributed by atoms with Gasteiger partial charge in [0.05, 0.1) is 20.7 Å². The molecule has 0 atom stereocenters. The molecule has 3 rings (SSSR count). The fourth-order valence-electron chi connectivity index (χ4n) is 3.20. The minimum Gasteiger partial charge on any atom is -0.298 e. The lowest BCUT2D eigenvalue weighted by atomic mass is 10.2. The molecule has 0 fully saturated rings. The van der Waals surface area contributed by atoms with Crippen LogP contribution in [-0.4, -0.2) is 35.7 Å². The summed E-state index contributed by atoms with van der Waals surface area (Å²) in [6.07, 6.45) is 0. The quantitative estimate of drug-likeness (QED) is 0.618. The van der Waals surface area contributed by atoms with Gasteiger partial charge in [0.2, 0.25) is 10.0 Å². The van der Waals surface area contributed by atoms with Crippen molar-refractivity contribution in [3.05, 3.63) is 53.8 Å². The fourth-order valence-corrected chi connectivity index (χ4v) is 6.04. The topological polar surface area (TPSA) is 79.4 Å². The molecule has 6 nitrogen and oxygen atoms in total. The molecule has 0 bridgehead atoms. The maximum Gasteiger partial charge on any atom is 0.260 e. The Kier molecular flexibility index (Phi) is 6.02. The molecule has 0 unspecified atom stereocenters. The van der Waals surface area contributed by atoms with Crippen molar-refractivity contribution in [1.82, 2.24) is 9.29 Å². The van der Waals surface area contributed by atoms with Crippen molar-refractivity contribution in [2.24, 2.45) is 0 Å². The number of amides is 1. The molecule has 0 saturated carbocycles. The SMILES string of the molecule is CC(C)N(C(C)C)S(=O)(=O)c1ccc2nc(NC(=O)c3ccccc3F)sc2c1. The molecular weight excluding hydrogens is 413 g/mol. The molecule has 2 aromatic carbocycles. The van der Waals surface area contributed by atoms with Crippen LogP contribution in [-0.2, 0) is 10.0 Å². The van der Waals surface area contributed by atoms with Gasteiger partial charge in [-0.05, 0) is 58.0 Å². The largest absolute Gasteiger partial charge is 0.298 e. The molecule has 0 saturated heterocycles. The Balaban J connectivity index is 1.93. The van der Waals surface area contributed by atoms with Gasteiger partial charge >= 0.3 is 0 Å². The molecule has 0 aliphatic carbocycles. The third-order valence-corrected chi connectivity index (χ3v) is 7.47. The number of hydrogen-bond acceptors (Lipinski definition) is 5. The predicted octanol–water partition coefficient (Wildman–Crippen LogP) is 4.50. The first-order chi connectivity index (χ1) is 13.6. The van der Waals surface area contributed by atoms with E-state index in [1.54, 1.807) is 18.2 Å². The first-order valence-electron chi connectivity index (χ1n) is 9.11. The minimum atomic E-state index is -3.68. The van der Waals surface area contributed by atoms with Crippen LogP contribution < -0.4 is 5.32 Å². The Morgan fingerprint density at radius 2 is 1.76 bits per heavy atom. The van der Waals surface area contributed by atoms with Gasteiger partial charge in [-0.3, -0.25) is 10.1 Å². The third kappa shape index (κ3) is 4.31. The second kappa shape index (κ2) is 8.17. The zero-order valence-electron chi connectivity index (χ0n) is 16.5. The van der Waals surface area contributed by atoms with Gasteiger partial charge < -0.3 is 0 Å². The van der Waals surface area contributed by atoms with E-state index >= 15 is 0 Å². The first kappa shape index (κ1) is 21.4. The Labute approximate surface area is 173 Å². The molecular formula is C20H22FN3O3S2. The third-order valence-electron chi connectivity index (χ3n) is 4.29. The van der Waals surface area contributed by atoms with Gasteiger partial charge in [-0.25, -0.2) is 17.8 Å². The highest BCUT2D eigenvalue weighted by Crippen LogP contribution is 2.30. The lowest BCUT2D eigenvalue weighted by Gasteiger charge is -2.29. The van der Waals surface area contributed by atoms with Crippen molar-refractivity contribution >= 4 is 42.6 Å². The number of sulfonamides is 1. The predicted molar refractivity (Wildman–Crippen MR) is 113 cm³/mol. The van der Waals surface area contributed by atoms with E-state index in [1.165, 1.54) is 28.6 Å². The van der Waals surface area contributed by atoms with Gasteiger partial charge in [-0.15, -0.1) is 0 Å². The van der Waals surface area contributed by atoms with Crippen molar-refractivity contribution in [1.29, 1.82) is 0 Å². The number of nitrogens with zero attached hydrogens (tertiary/aromatic N) is 2. The smallest absolute Gasteiger partial charge is 0.260 e. The highest BCUT2D eigenvalue weighted by molar-refractivity contribution is 7.89. The van der Waals surface area contributed by atoms with E-state index in [2.05, 4.69) is 10.3 Å². The van der Waals surface area contributed by atoms with Crippen molar-refractivity contribution in [3.8, 4) is 0 Å². The number of benzene rings is 2. The van der Waals surface area contributed by atoms with Crippen molar-refractivity contribution in [2.45, 2.75) is 44.7 Å². The summed E-state index contributed by atoms with van der Waals surface area (Å²) in [7, 11) is -3.68. The van der Waals surface area contributed by atoms with Gasteiger partial charge in [0.15, 0.2) is 5.13 Å². The lowest BCUT2D eigenvalue weighted by Crippen LogP contribution is -2.41. The van der Waals surface area contributed by atoms with E-state index in [4.69, 9.17) is 0 Å². The van der Waals surface area contributed by atoms with Crippen LogP contribution in [0.1, 0.15) is 38.1 Å². The van der Waals surface area contributed by atoms with Crippen LogP contribution in [0.5, 0.6) is 0 Å². The first-order valence-corrected chi connectivity index (χ1v) is 11.4. The molecule has 29 heavy (non-hydrogen) atoms. The highest BCUT2D eigenvalue weighted by atomic mass is 32.2. The Hall–Kier alpha value is -2.36. The summed E-state index contributed by atoms with van der Waals surface area (Å²) < 4.78 is 42.0. The van der Waals surface area contributed by atoms with E-state index < -0.39 is 21.7 Å². The Morgan fingerprint density at radius 3 is 2.38 bits per heavy atom. The molecule has 154 valence electrons. The number of hydrogen-bond donors (Lipinski definition) is 1. The van der Waals surface area contributed by atoms with Crippen molar-refractivity contribution in [3.63, 3.8) is 0 Å². The summed E-state index contributed by atoms with van der Waals surface area (Å²) in [5.41, 5.74) is 0.470. The van der Waals surface area contributed by atoms with Crippen LogP contribution in [0, 0.1) is 5.82 Å². The standard InChI is InChI=1S/C20H22FN3O3S2/c1-12(2)24(13(3)4)29(26,27)14-9-10-17-18(11-14)28-20(22-17)23-19(25)15-7-5-6-8-16(15)21/h5-13H,1-4H3,(H,22,23,25). The summed E-state index contributed by atoms with van der Waals surface area (Å²) in [5, 5.41) is 2.85. The monoisotopic (exact) mass is 435 g/mol. The summed E-state index contributed by atoms with van der Waals surface area (Å²) in [6.45, 7) is 7.33. The molecule has 0 spiro atoms. The fraction of sp³-hybridized carbons (Fsp3) is 0.300. The van der Waals surface area contributed by atoms with Crippen LogP contribution in [0.2, 0.25) is 0 Å². The zero-order chi connectivity index (χ0) is 21.3. The van der Waals surface area contributed by atoms with E-state index in [1.807, 2.05) is 27.7 Å². The molecule has 0 aliphatic heterocycles. The number of anilines is 1. The van der Waals surface area contributed by atoms with Crippen molar-refractivity contribution < 1.29 is 17.6 Å². The number of nitrogens with one attached hydrogen (secondary N) is 1. The van der Waals surface area contributed by atoms with E-state index in [9.17, 15) is 17.6 Å². The van der Waals surface area contributed by atoms with Crippen LogP contribution in [0.3, 0.4) is 0 Å². The molecule has 0 aliphatic rings. The zero-order valence-corrected chi connectivity index (χ0v) is 18.1. The molecule has 1 N–H and O–H groups in total. The molecule has 1 heterocycles. The molecule has 1 aromatic heterocycles.